The van der Waals surface area contributed by atoms with E-state index in [-0.39, 0.29) is 34.4 Å². The molecule has 2 saturated carbocycles. The number of hydrogen-bond acceptors (Lipinski definition) is 13. The molecule has 0 bridgehead atoms. The number of aromatic amines is 1. The molecule has 4 aromatic carbocycles. The fourth-order valence-corrected chi connectivity index (χ4v) is 13.1. The van der Waals surface area contributed by atoms with Crippen LogP contribution in [0.25, 0.3) is 11.0 Å². The van der Waals surface area contributed by atoms with Crippen LogP contribution in [0.2, 0.25) is 0 Å². The second kappa shape index (κ2) is 21.6. The van der Waals surface area contributed by atoms with Gasteiger partial charge in [0.2, 0.25) is 0 Å². The zero-order valence-corrected chi connectivity index (χ0v) is 44.3. The normalized spacial score (nSPS) is 21.7. The SMILES string of the molecule is COc1ccc(CN2CCCN(C3CC4(CCN(c5ccc(C(=O)NS(=O)(=O)c6ccc(NCC7CCC(C)(O)CC7)c([N+](=O)[O-])c6)c(Oc6cnc7[nH]ccc7c6)c5)CC4)C3)C(c3ccccc3C(C)C)C2)cc1. The summed E-state index contributed by atoms with van der Waals surface area (Å²) in [5, 5.41) is 26.5. The Kier molecular flexibility index (Phi) is 15.0. The topological polar surface area (TPSA) is 195 Å². The summed E-state index contributed by atoms with van der Waals surface area (Å²) in [5.41, 5.74) is 4.89. The van der Waals surface area contributed by atoms with E-state index in [0.29, 0.717) is 42.7 Å². The van der Waals surface area contributed by atoms with E-state index in [2.05, 4.69) is 97.1 Å². The number of carbonyl (C=O) groups excluding carboxylic acids is 1. The van der Waals surface area contributed by atoms with Crippen LogP contribution >= 0.6 is 0 Å². The van der Waals surface area contributed by atoms with E-state index in [9.17, 15) is 28.4 Å². The second-order valence-corrected chi connectivity index (χ2v) is 23.8. The third-order valence-corrected chi connectivity index (χ3v) is 17.9. The fraction of sp³-hybridized carbons (Fsp3) is 0.448. The number of nitrogens with one attached hydrogen (secondary N) is 3. The highest BCUT2D eigenvalue weighted by Gasteiger charge is 2.50. The highest BCUT2D eigenvalue weighted by atomic mass is 32.2. The van der Waals surface area contributed by atoms with Crippen LogP contribution in [-0.4, -0.2) is 102 Å². The van der Waals surface area contributed by atoms with E-state index in [4.69, 9.17) is 9.47 Å². The summed E-state index contributed by atoms with van der Waals surface area (Å²) in [6.07, 6.45) is 11.5. The van der Waals surface area contributed by atoms with E-state index < -0.39 is 37.0 Å². The van der Waals surface area contributed by atoms with Crippen molar-refractivity contribution in [3.05, 3.63) is 142 Å². The van der Waals surface area contributed by atoms with E-state index in [1.54, 1.807) is 37.7 Å². The number of fused-ring (bicyclic) bond motifs is 1. The van der Waals surface area contributed by atoms with Crippen LogP contribution < -0.4 is 24.4 Å². The summed E-state index contributed by atoms with van der Waals surface area (Å²) in [4.78, 5) is 40.6. The van der Waals surface area contributed by atoms with Gasteiger partial charge in [-0.2, -0.15) is 0 Å². The van der Waals surface area contributed by atoms with Crippen molar-refractivity contribution < 1.29 is 32.7 Å². The molecule has 4 aliphatic rings. The molecule has 4 fully saturated rings. The van der Waals surface area contributed by atoms with Crippen molar-refractivity contribution >= 4 is 44.0 Å². The molecule has 2 aromatic heterocycles. The molecule has 10 rings (SSSR count). The molecule has 16 nitrogen and oxygen atoms in total. The van der Waals surface area contributed by atoms with Crippen LogP contribution in [0.5, 0.6) is 17.2 Å². The van der Waals surface area contributed by atoms with Gasteiger partial charge in [-0.05, 0) is 154 Å². The zero-order valence-electron chi connectivity index (χ0n) is 43.5. The first-order chi connectivity index (χ1) is 36.0. The van der Waals surface area contributed by atoms with Gasteiger partial charge in [0.25, 0.3) is 21.6 Å². The average molecular weight is 1040 g/mol. The number of rotatable bonds is 16. The highest BCUT2D eigenvalue weighted by Crippen LogP contribution is 2.53. The minimum atomic E-state index is -4.59. The molecular weight excluding hydrogens is 969 g/mol. The number of carbonyl (C=O) groups is 1. The third-order valence-electron chi connectivity index (χ3n) is 16.5. The number of nitro benzene ring substituents is 1. The van der Waals surface area contributed by atoms with Gasteiger partial charge in [-0.25, -0.2) is 18.1 Å². The van der Waals surface area contributed by atoms with Crippen LogP contribution in [0.1, 0.15) is 118 Å². The Hall–Kier alpha value is -6.53. The van der Waals surface area contributed by atoms with E-state index >= 15 is 0 Å². The Morgan fingerprint density at radius 1 is 0.933 bits per heavy atom. The maximum atomic E-state index is 14.1. The lowest BCUT2D eigenvalue weighted by atomic mass is 9.59. The van der Waals surface area contributed by atoms with Crippen LogP contribution in [0.3, 0.4) is 0 Å². The number of piperidine rings is 1. The van der Waals surface area contributed by atoms with Crippen LogP contribution in [0.15, 0.2) is 114 Å². The Balaban J connectivity index is 0.836. The van der Waals surface area contributed by atoms with Crippen molar-refractivity contribution in [1.29, 1.82) is 0 Å². The summed E-state index contributed by atoms with van der Waals surface area (Å²) >= 11 is 0. The number of aliphatic hydroxyl groups is 1. The Morgan fingerprint density at radius 2 is 1.69 bits per heavy atom. The number of H-pyrrole nitrogens is 1. The van der Waals surface area contributed by atoms with Gasteiger partial charge in [0, 0.05) is 80.8 Å². The second-order valence-electron chi connectivity index (χ2n) is 22.1. The summed E-state index contributed by atoms with van der Waals surface area (Å²) in [6.45, 7) is 12.4. The smallest absolute Gasteiger partial charge is 0.293 e. The summed E-state index contributed by atoms with van der Waals surface area (Å²) < 4.78 is 41.8. The number of benzene rings is 4. The molecule has 17 heteroatoms. The third kappa shape index (κ3) is 11.7. The molecule has 2 aliphatic heterocycles. The van der Waals surface area contributed by atoms with Gasteiger partial charge >= 0.3 is 0 Å². The van der Waals surface area contributed by atoms with Crippen molar-refractivity contribution in [2.24, 2.45) is 11.3 Å². The lowest BCUT2D eigenvalue weighted by molar-refractivity contribution is -0.384. The minimum Gasteiger partial charge on any atom is -0.497 e. The Labute approximate surface area is 440 Å². The molecule has 75 heavy (non-hydrogen) atoms. The van der Waals surface area contributed by atoms with Crippen molar-refractivity contribution in [2.75, 3.05) is 56.6 Å². The fourth-order valence-electron chi connectivity index (χ4n) is 12.1. The highest BCUT2D eigenvalue weighted by molar-refractivity contribution is 7.90. The number of methoxy groups -OCH3 is 1. The molecule has 1 spiro atoms. The van der Waals surface area contributed by atoms with Gasteiger partial charge in [0.05, 0.1) is 34.3 Å². The van der Waals surface area contributed by atoms with Gasteiger partial charge < -0.3 is 29.8 Å². The van der Waals surface area contributed by atoms with Crippen molar-refractivity contribution in [3.63, 3.8) is 0 Å². The molecule has 6 aromatic rings. The number of hydrogen-bond donors (Lipinski definition) is 4. The summed E-state index contributed by atoms with van der Waals surface area (Å²) in [6, 6.07) is 30.7. The van der Waals surface area contributed by atoms with Crippen molar-refractivity contribution in [3.8, 4) is 17.2 Å². The number of amides is 1. The van der Waals surface area contributed by atoms with Crippen LogP contribution in [0, 0.1) is 21.4 Å². The maximum absolute atomic E-state index is 14.1. The standard InChI is InChI=1S/C58H70N8O8S/c1-39(2)48-8-5-6-9-49(48)53-38-63(37-41-10-13-45(73-4)14-11-41)26-7-27-65(53)44-33-58(34-44)23-28-64(29-24-58)43-12-16-50(54(31-43)74-46-30-42-20-25-59-55(42)61-36-46)56(67)62-75(71,72)47-15-17-51(52(32-47)66(69)70)60-35-40-18-21-57(3,68)22-19-40/h5-6,8-17,20,25,30-32,36,39-40,44,53,60,68H,7,18-19,21-24,26-29,33-35,37-38H2,1-4H3,(H,59,61)(H,62,67). The number of anilines is 2. The molecule has 1 amide bonds. The number of nitro groups is 1. The minimum absolute atomic E-state index is 0.0281. The predicted octanol–water partition coefficient (Wildman–Crippen LogP) is 10.6. The van der Waals surface area contributed by atoms with Crippen molar-refractivity contribution in [1.82, 2.24) is 24.5 Å². The number of sulfonamides is 1. The predicted molar refractivity (Wildman–Crippen MR) is 291 cm³/mol. The molecular formula is C58H70N8O8S. The van der Waals surface area contributed by atoms with Gasteiger partial charge in [-0.1, -0.05) is 50.2 Å². The van der Waals surface area contributed by atoms with Gasteiger partial charge in [-0.15, -0.1) is 0 Å². The lowest BCUT2D eigenvalue weighted by Gasteiger charge is -2.57. The first kappa shape index (κ1) is 51.9. The number of nitrogens with zero attached hydrogens (tertiary/aromatic N) is 5. The first-order valence-electron chi connectivity index (χ1n) is 26.6. The molecule has 1 atom stereocenters. The molecule has 2 aliphatic carbocycles. The Morgan fingerprint density at radius 3 is 2.43 bits per heavy atom. The largest absolute Gasteiger partial charge is 0.497 e. The van der Waals surface area contributed by atoms with Crippen LogP contribution in [-0.2, 0) is 16.6 Å². The molecule has 4 N–H and O–H groups in total. The maximum Gasteiger partial charge on any atom is 0.293 e. The summed E-state index contributed by atoms with van der Waals surface area (Å²) in [5.74, 6) is 1.04. The molecule has 4 heterocycles. The number of aromatic nitrogens is 2. The lowest BCUT2D eigenvalue weighted by Crippen LogP contribution is -2.56. The average Bonchev–Trinajstić information content (AvgIpc) is 3.77. The molecule has 0 radical (unpaired) electrons. The number of pyridine rings is 1. The molecule has 1 unspecified atom stereocenters. The van der Waals surface area contributed by atoms with Crippen molar-refractivity contribution in [2.45, 2.75) is 114 Å². The van der Waals surface area contributed by atoms with Gasteiger partial charge in [-0.3, -0.25) is 24.7 Å². The Bertz CT molecular complexity index is 3120. The van der Waals surface area contributed by atoms with E-state index in [1.807, 2.05) is 19.1 Å². The van der Waals surface area contributed by atoms with Gasteiger partial charge in [0.1, 0.15) is 28.6 Å². The molecule has 2 saturated heterocycles. The van der Waals surface area contributed by atoms with E-state index in [0.717, 1.165) is 107 Å². The zero-order chi connectivity index (χ0) is 52.5. The molecule has 396 valence electrons. The quantitative estimate of drug-likeness (QED) is 0.0529. The monoisotopic (exact) mass is 1040 g/mol. The number of ether oxygens (including phenoxy) is 2. The van der Waals surface area contributed by atoms with E-state index in [1.165, 1.54) is 28.8 Å². The van der Waals surface area contributed by atoms with Crippen LogP contribution in [0.4, 0.5) is 17.1 Å². The van der Waals surface area contributed by atoms with Gasteiger partial charge in [0.15, 0.2) is 0 Å². The summed E-state index contributed by atoms with van der Waals surface area (Å²) in [7, 11) is -2.88. The first-order valence-corrected chi connectivity index (χ1v) is 28.0.